The highest BCUT2D eigenvalue weighted by Crippen LogP contribution is 2.10. The Balaban J connectivity index is 2.07. The number of ether oxygens (including phenoxy) is 2. The lowest BCUT2D eigenvalue weighted by Crippen LogP contribution is -2.45. The van der Waals surface area contributed by atoms with Gasteiger partial charge in [0, 0.05) is 26.8 Å². The molecule has 1 saturated heterocycles. The van der Waals surface area contributed by atoms with Gasteiger partial charge in [0.2, 0.25) is 5.91 Å². The van der Waals surface area contributed by atoms with Crippen LogP contribution in [0.2, 0.25) is 0 Å². The second-order valence-electron chi connectivity index (χ2n) is 4.05. The van der Waals surface area contributed by atoms with E-state index in [4.69, 9.17) is 9.47 Å². The molecule has 0 bridgehead atoms. The topological polar surface area (TPSA) is 59.6 Å². The molecular weight excluding hydrogens is 208 g/mol. The predicted molar refractivity (Wildman–Crippen MR) is 61.3 cm³/mol. The summed E-state index contributed by atoms with van der Waals surface area (Å²) in [5, 5.41) is 5.96. The maximum atomic E-state index is 11.6. The molecule has 0 aliphatic carbocycles. The molecule has 5 heteroatoms. The zero-order chi connectivity index (χ0) is 11.8. The van der Waals surface area contributed by atoms with Crippen LogP contribution in [0.4, 0.5) is 0 Å². The van der Waals surface area contributed by atoms with Crippen molar-refractivity contribution in [3.8, 4) is 0 Å². The zero-order valence-electron chi connectivity index (χ0n) is 10.1. The van der Waals surface area contributed by atoms with Crippen LogP contribution >= 0.6 is 0 Å². The molecule has 0 spiro atoms. The smallest absolute Gasteiger partial charge is 0.236 e. The number of methoxy groups -OCH3 is 1. The third kappa shape index (κ3) is 4.92. The van der Waals surface area contributed by atoms with E-state index in [1.165, 1.54) is 0 Å². The molecule has 1 heterocycles. The third-order valence-corrected chi connectivity index (χ3v) is 2.67. The fourth-order valence-corrected chi connectivity index (χ4v) is 1.64. The van der Waals surface area contributed by atoms with Gasteiger partial charge in [-0.1, -0.05) is 0 Å². The minimum Gasteiger partial charge on any atom is -0.383 e. The normalized spacial score (nSPS) is 22.0. The van der Waals surface area contributed by atoms with Gasteiger partial charge in [-0.15, -0.1) is 0 Å². The second-order valence-corrected chi connectivity index (χ2v) is 4.05. The van der Waals surface area contributed by atoms with Gasteiger partial charge in [0.05, 0.1) is 18.8 Å². The molecule has 0 aromatic heterocycles. The fourth-order valence-electron chi connectivity index (χ4n) is 1.64. The Bertz CT molecular complexity index is 205. The highest BCUT2D eigenvalue weighted by atomic mass is 16.5. The van der Waals surface area contributed by atoms with E-state index in [1.807, 2.05) is 6.92 Å². The molecule has 0 aromatic rings. The minimum atomic E-state index is -0.180. The van der Waals surface area contributed by atoms with Crippen molar-refractivity contribution in [1.82, 2.24) is 10.6 Å². The summed E-state index contributed by atoms with van der Waals surface area (Å²) in [6.07, 6.45) is 2.49. The molecule has 2 N–H and O–H groups in total. The first kappa shape index (κ1) is 13.4. The van der Waals surface area contributed by atoms with Crippen molar-refractivity contribution in [3.63, 3.8) is 0 Å². The molecule has 1 aliphatic rings. The molecular formula is C11H22N2O3. The van der Waals surface area contributed by atoms with E-state index in [0.29, 0.717) is 13.2 Å². The molecule has 0 saturated carbocycles. The van der Waals surface area contributed by atoms with Crippen molar-refractivity contribution in [3.05, 3.63) is 0 Å². The molecule has 2 unspecified atom stereocenters. The van der Waals surface area contributed by atoms with E-state index < -0.39 is 0 Å². The molecule has 0 radical (unpaired) electrons. The van der Waals surface area contributed by atoms with E-state index in [0.717, 1.165) is 26.0 Å². The van der Waals surface area contributed by atoms with E-state index in [-0.39, 0.29) is 18.1 Å². The molecule has 0 aromatic carbocycles. The number of carbonyl (C=O) groups excluding carboxylic acids is 1. The van der Waals surface area contributed by atoms with Gasteiger partial charge in [0.25, 0.3) is 0 Å². The van der Waals surface area contributed by atoms with Crippen LogP contribution in [0.15, 0.2) is 0 Å². The van der Waals surface area contributed by atoms with E-state index in [1.54, 1.807) is 7.11 Å². The lowest BCUT2D eigenvalue weighted by atomic mass is 10.2. The molecule has 1 rings (SSSR count). The van der Waals surface area contributed by atoms with Gasteiger partial charge in [-0.3, -0.25) is 4.79 Å². The highest BCUT2D eigenvalue weighted by Gasteiger charge is 2.18. The summed E-state index contributed by atoms with van der Waals surface area (Å²) in [6.45, 7) is 4.56. The van der Waals surface area contributed by atoms with Crippen molar-refractivity contribution in [2.24, 2.45) is 0 Å². The Hall–Kier alpha value is -0.650. The number of nitrogens with one attached hydrogen (secondary N) is 2. The average Bonchev–Trinajstić information content (AvgIpc) is 2.79. The second kappa shape index (κ2) is 7.60. The standard InChI is InChI=1S/C11H22N2O3/c1-9(11(14)12-5-7-15-2)13-8-10-4-3-6-16-10/h9-10,13H,3-8H2,1-2H3,(H,12,14). The Labute approximate surface area is 96.9 Å². The SMILES string of the molecule is COCCNC(=O)C(C)NCC1CCCO1. The number of carbonyl (C=O) groups is 1. The maximum Gasteiger partial charge on any atom is 0.236 e. The Morgan fingerprint density at radius 1 is 1.62 bits per heavy atom. The lowest BCUT2D eigenvalue weighted by molar-refractivity contribution is -0.123. The molecule has 1 amide bonds. The van der Waals surface area contributed by atoms with E-state index in [2.05, 4.69) is 10.6 Å². The Kier molecular flexibility index (Phi) is 6.37. The monoisotopic (exact) mass is 230 g/mol. The van der Waals surface area contributed by atoms with Gasteiger partial charge < -0.3 is 20.1 Å². The first-order valence-electron chi connectivity index (χ1n) is 5.85. The largest absolute Gasteiger partial charge is 0.383 e. The summed E-state index contributed by atoms with van der Waals surface area (Å²) in [4.78, 5) is 11.6. The number of rotatable bonds is 7. The van der Waals surface area contributed by atoms with Crippen LogP contribution < -0.4 is 10.6 Å². The van der Waals surface area contributed by atoms with Crippen LogP contribution in [0.1, 0.15) is 19.8 Å². The zero-order valence-corrected chi connectivity index (χ0v) is 10.1. The molecule has 16 heavy (non-hydrogen) atoms. The number of hydrogen-bond donors (Lipinski definition) is 2. The first-order chi connectivity index (χ1) is 7.74. The highest BCUT2D eigenvalue weighted by molar-refractivity contribution is 5.81. The fraction of sp³-hybridized carbons (Fsp3) is 0.909. The van der Waals surface area contributed by atoms with E-state index in [9.17, 15) is 4.79 Å². The quantitative estimate of drug-likeness (QED) is 0.600. The summed E-state index contributed by atoms with van der Waals surface area (Å²) in [6, 6.07) is -0.180. The lowest BCUT2D eigenvalue weighted by Gasteiger charge is -2.16. The van der Waals surface area contributed by atoms with Gasteiger partial charge in [0.1, 0.15) is 0 Å². The molecule has 1 aliphatic heterocycles. The van der Waals surface area contributed by atoms with Crippen LogP contribution in [0.3, 0.4) is 0 Å². The van der Waals surface area contributed by atoms with Crippen LogP contribution in [-0.2, 0) is 14.3 Å². The van der Waals surface area contributed by atoms with Crippen molar-refractivity contribution < 1.29 is 14.3 Å². The van der Waals surface area contributed by atoms with Crippen molar-refractivity contribution in [1.29, 1.82) is 0 Å². The molecule has 2 atom stereocenters. The van der Waals surface area contributed by atoms with Gasteiger partial charge in [-0.05, 0) is 19.8 Å². The van der Waals surface area contributed by atoms with Crippen molar-refractivity contribution >= 4 is 5.91 Å². The Morgan fingerprint density at radius 2 is 2.44 bits per heavy atom. The predicted octanol–water partition coefficient (Wildman–Crippen LogP) is -0.0939. The van der Waals surface area contributed by atoms with Crippen LogP contribution in [0.5, 0.6) is 0 Å². The number of hydrogen-bond acceptors (Lipinski definition) is 4. The van der Waals surface area contributed by atoms with E-state index >= 15 is 0 Å². The summed E-state index contributed by atoms with van der Waals surface area (Å²) >= 11 is 0. The molecule has 1 fully saturated rings. The van der Waals surface area contributed by atoms with Crippen LogP contribution in [0, 0.1) is 0 Å². The summed E-state index contributed by atoms with van der Waals surface area (Å²) in [5.74, 6) is 0.00930. The number of amides is 1. The first-order valence-corrected chi connectivity index (χ1v) is 5.85. The molecule has 5 nitrogen and oxygen atoms in total. The molecule has 94 valence electrons. The van der Waals surface area contributed by atoms with Crippen LogP contribution in [0.25, 0.3) is 0 Å². The van der Waals surface area contributed by atoms with Crippen LogP contribution in [-0.4, -0.2) is 51.5 Å². The van der Waals surface area contributed by atoms with Gasteiger partial charge in [-0.2, -0.15) is 0 Å². The summed E-state index contributed by atoms with van der Waals surface area (Å²) in [5.41, 5.74) is 0. The summed E-state index contributed by atoms with van der Waals surface area (Å²) < 4.78 is 10.3. The Morgan fingerprint density at radius 3 is 3.06 bits per heavy atom. The van der Waals surface area contributed by atoms with Crippen molar-refractivity contribution in [2.45, 2.75) is 31.9 Å². The average molecular weight is 230 g/mol. The van der Waals surface area contributed by atoms with Gasteiger partial charge >= 0.3 is 0 Å². The summed E-state index contributed by atoms with van der Waals surface area (Å²) in [7, 11) is 1.62. The minimum absolute atomic E-state index is 0.00930. The van der Waals surface area contributed by atoms with Gasteiger partial charge in [0.15, 0.2) is 0 Å². The van der Waals surface area contributed by atoms with Crippen molar-refractivity contribution in [2.75, 3.05) is 33.4 Å². The van der Waals surface area contributed by atoms with Gasteiger partial charge in [-0.25, -0.2) is 0 Å². The third-order valence-electron chi connectivity index (χ3n) is 2.67. The maximum absolute atomic E-state index is 11.6.